The Hall–Kier alpha value is -1.59. The molecule has 0 radical (unpaired) electrons. The summed E-state index contributed by atoms with van der Waals surface area (Å²) in [5, 5.41) is 8.66. The van der Waals surface area contributed by atoms with E-state index in [1.165, 1.54) is 16.4 Å². The Balaban J connectivity index is 1.93. The van der Waals surface area contributed by atoms with Crippen molar-refractivity contribution >= 4 is 34.9 Å². The second-order valence-corrected chi connectivity index (χ2v) is 6.84. The summed E-state index contributed by atoms with van der Waals surface area (Å²) in [6, 6.07) is 16.1. The van der Waals surface area contributed by atoms with Crippen LogP contribution in [0.5, 0.6) is 0 Å². The number of halogens is 1. The zero-order chi connectivity index (χ0) is 14.5. The Bertz CT molecular complexity index is 658. The largest absolute Gasteiger partial charge is 0.207 e. The molecular weight excluding hydrogens is 303 g/mol. The maximum absolute atomic E-state index is 12.9. The van der Waals surface area contributed by atoms with E-state index < -0.39 is 0 Å². The summed E-state index contributed by atoms with van der Waals surface area (Å²) >= 11 is 3.62. The van der Waals surface area contributed by atoms with Gasteiger partial charge in [-0.3, -0.25) is 0 Å². The highest BCUT2D eigenvalue weighted by Gasteiger charge is 2.15. The average molecular weight is 316 g/mol. The van der Waals surface area contributed by atoms with Gasteiger partial charge in [0.1, 0.15) is 11.5 Å². The topological polar surface area (TPSA) is 24.7 Å². The number of hydrogen-bond donors (Lipinski definition) is 0. The summed E-state index contributed by atoms with van der Waals surface area (Å²) < 4.78 is 14.1. The Morgan fingerprint density at radius 2 is 1.57 bits per heavy atom. The lowest BCUT2D eigenvalue weighted by atomic mass is 10.2. The molecule has 3 rings (SSSR count). The lowest BCUT2D eigenvalue weighted by molar-refractivity contribution is 0.628. The van der Waals surface area contributed by atoms with Crippen LogP contribution in [0, 0.1) is 5.82 Å². The first kappa shape index (κ1) is 14.4. The third kappa shape index (κ3) is 3.74. The zero-order valence-corrected chi connectivity index (χ0v) is 12.8. The Kier molecular flexibility index (Phi) is 4.72. The van der Waals surface area contributed by atoms with Gasteiger partial charge in [0.25, 0.3) is 0 Å². The van der Waals surface area contributed by atoms with Crippen LogP contribution in [0.1, 0.15) is 5.56 Å². The lowest BCUT2D eigenvalue weighted by Crippen LogP contribution is -1.82. The highest BCUT2D eigenvalue weighted by molar-refractivity contribution is 8.25. The second-order valence-electron chi connectivity index (χ2n) is 4.38. The predicted molar refractivity (Wildman–Crippen MR) is 89.2 cm³/mol. The van der Waals surface area contributed by atoms with Crippen LogP contribution in [0.15, 0.2) is 69.1 Å². The van der Waals surface area contributed by atoms with Gasteiger partial charge < -0.3 is 0 Å². The fourth-order valence-corrected chi connectivity index (χ4v) is 4.34. The van der Waals surface area contributed by atoms with Crippen molar-refractivity contribution in [2.45, 2.75) is 0 Å². The minimum absolute atomic E-state index is 0.266. The van der Waals surface area contributed by atoms with Gasteiger partial charge in [0.15, 0.2) is 0 Å². The minimum Gasteiger partial charge on any atom is -0.207 e. The molecular formula is C16H13FN2S2. The van der Waals surface area contributed by atoms with Gasteiger partial charge in [0.2, 0.25) is 0 Å². The van der Waals surface area contributed by atoms with E-state index in [2.05, 4.69) is 10.2 Å². The maximum Gasteiger partial charge on any atom is 0.123 e. The van der Waals surface area contributed by atoms with Gasteiger partial charge in [-0.25, -0.2) is 4.39 Å². The fraction of sp³-hybridized carbons (Fsp3) is 0.125. The van der Waals surface area contributed by atoms with Crippen molar-refractivity contribution in [3.63, 3.8) is 0 Å². The predicted octanol–water partition coefficient (Wildman–Crippen LogP) is 5.72. The SMILES string of the molecule is Fc1ccc(N=NC(=C2SCCS2)c2ccccc2)cc1. The van der Waals surface area contributed by atoms with Crippen LogP contribution in [-0.4, -0.2) is 11.5 Å². The van der Waals surface area contributed by atoms with Gasteiger partial charge in [-0.2, -0.15) is 5.11 Å². The molecule has 1 saturated heterocycles. The molecule has 21 heavy (non-hydrogen) atoms. The monoisotopic (exact) mass is 316 g/mol. The molecule has 0 saturated carbocycles. The van der Waals surface area contributed by atoms with E-state index in [1.54, 1.807) is 12.1 Å². The molecule has 0 aromatic heterocycles. The molecule has 5 heteroatoms. The number of benzene rings is 2. The number of nitrogens with zero attached hydrogens (tertiary/aromatic N) is 2. The number of azo groups is 1. The van der Waals surface area contributed by atoms with Gasteiger partial charge in [-0.05, 0) is 24.3 Å². The van der Waals surface area contributed by atoms with E-state index in [4.69, 9.17) is 0 Å². The van der Waals surface area contributed by atoms with Crippen molar-refractivity contribution in [1.29, 1.82) is 0 Å². The Labute approximate surface area is 131 Å². The van der Waals surface area contributed by atoms with Crippen LogP contribution in [0.3, 0.4) is 0 Å². The van der Waals surface area contributed by atoms with Crippen LogP contribution in [0.2, 0.25) is 0 Å². The van der Waals surface area contributed by atoms with Crippen LogP contribution < -0.4 is 0 Å². The summed E-state index contributed by atoms with van der Waals surface area (Å²) in [6.07, 6.45) is 0. The third-order valence-corrected chi connectivity index (χ3v) is 5.58. The first-order chi connectivity index (χ1) is 10.3. The average Bonchev–Trinajstić information content (AvgIpc) is 3.05. The third-order valence-electron chi connectivity index (χ3n) is 2.88. The number of thioether (sulfide) groups is 2. The molecule has 0 amide bonds. The van der Waals surface area contributed by atoms with E-state index in [-0.39, 0.29) is 5.82 Å². The summed E-state index contributed by atoms with van der Waals surface area (Å²) in [7, 11) is 0. The summed E-state index contributed by atoms with van der Waals surface area (Å²) in [5.41, 5.74) is 2.60. The fourth-order valence-electron chi connectivity index (χ4n) is 1.88. The number of rotatable bonds is 3. The van der Waals surface area contributed by atoms with Gasteiger partial charge in [-0.15, -0.1) is 28.6 Å². The highest BCUT2D eigenvalue weighted by Crippen LogP contribution is 2.42. The maximum atomic E-state index is 12.9. The van der Waals surface area contributed by atoms with Crippen molar-refractivity contribution < 1.29 is 4.39 Å². The molecule has 0 N–H and O–H groups in total. The summed E-state index contributed by atoms with van der Waals surface area (Å²) in [4.78, 5) is 0. The van der Waals surface area contributed by atoms with Gasteiger partial charge >= 0.3 is 0 Å². The molecule has 1 aliphatic heterocycles. The molecule has 0 atom stereocenters. The quantitative estimate of drug-likeness (QED) is 0.677. The standard InChI is InChI=1S/C16H13FN2S2/c17-13-6-8-14(9-7-13)18-19-15(16-20-10-11-21-16)12-4-2-1-3-5-12/h1-9H,10-11H2. The first-order valence-corrected chi connectivity index (χ1v) is 8.53. The Morgan fingerprint density at radius 3 is 2.24 bits per heavy atom. The van der Waals surface area contributed by atoms with E-state index in [0.717, 1.165) is 22.8 Å². The van der Waals surface area contributed by atoms with E-state index >= 15 is 0 Å². The van der Waals surface area contributed by atoms with Crippen LogP contribution in [0.4, 0.5) is 10.1 Å². The molecule has 1 aliphatic rings. The normalized spacial score (nSPS) is 14.8. The van der Waals surface area contributed by atoms with E-state index in [0.29, 0.717) is 5.69 Å². The van der Waals surface area contributed by atoms with Gasteiger partial charge in [0.05, 0.1) is 9.92 Å². The molecule has 0 aliphatic carbocycles. The molecule has 0 spiro atoms. The highest BCUT2D eigenvalue weighted by atomic mass is 32.2. The molecule has 0 bridgehead atoms. The zero-order valence-electron chi connectivity index (χ0n) is 11.2. The van der Waals surface area contributed by atoms with Crippen molar-refractivity contribution in [2.75, 3.05) is 11.5 Å². The molecule has 106 valence electrons. The number of hydrogen-bond acceptors (Lipinski definition) is 4. The van der Waals surface area contributed by atoms with Crippen molar-refractivity contribution in [1.82, 2.24) is 0 Å². The summed E-state index contributed by atoms with van der Waals surface area (Å²) in [5.74, 6) is 1.93. The van der Waals surface area contributed by atoms with E-state index in [9.17, 15) is 4.39 Å². The smallest absolute Gasteiger partial charge is 0.123 e. The first-order valence-electron chi connectivity index (χ1n) is 6.55. The molecule has 2 aromatic carbocycles. The lowest BCUT2D eigenvalue weighted by Gasteiger charge is -2.04. The van der Waals surface area contributed by atoms with Gasteiger partial charge in [0, 0.05) is 17.1 Å². The van der Waals surface area contributed by atoms with Gasteiger partial charge in [-0.1, -0.05) is 30.3 Å². The molecule has 2 nitrogen and oxygen atoms in total. The second kappa shape index (κ2) is 6.91. The van der Waals surface area contributed by atoms with Crippen LogP contribution >= 0.6 is 23.5 Å². The Morgan fingerprint density at radius 1 is 0.905 bits per heavy atom. The van der Waals surface area contributed by atoms with Crippen LogP contribution in [0.25, 0.3) is 5.70 Å². The molecule has 1 fully saturated rings. The molecule has 2 aromatic rings. The van der Waals surface area contributed by atoms with Crippen molar-refractivity contribution in [3.05, 3.63) is 70.2 Å². The van der Waals surface area contributed by atoms with Crippen molar-refractivity contribution in [2.24, 2.45) is 10.2 Å². The molecule has 0 unspecified atom stereocenters. The summed E-state index contributed by atoms with van der Waals surface area (Å²) in [6.45, 7) is 0. The molecule has 1 heterocycles. The van der Waals surface area contributed by atoms with Crippen molar-refractivity contribution in [3.8, 4) is 0 Å². The minimum atomic E-state index is -0.266. The van der Waals surface area contributed by atoms with Crippen LogP contribution in [-0.2, 0) is 0 Å². The van der Waals surface area contributed by atoms with E-state index in [1.807, 2.05) is 53.9 Å².